The molecule has 1 amide bonds. The molecular weight excluding hydrogens is 591 g/mol. The minimum atomic E-state index is -1.08. The minimum absolute atomic E-state index is 0.115. The lowest BCUT2D eigenvalue weighted by Crippen LogP contribution is -2.38. The molecule has 0 bridgehead atoms. The van der Waals surface area contributed by atoms with Crippen molar-refractivity contribution in [3.63, 3.8) is 0 Å². The molecular formula is C32H36Cl2N4O5. The number of rotatable bonds is 11. The summed E-state index contributed by atoms with van der Waals surface area (Å²) >= 11 is 12.6. The summed E-state index contributed by atoms with van der Waals surface area (Å²) in [6, 6.07) is 12.4. The molecule has 1 heterocycles. The Kier molecular flexibility index (Phi) is 10.7. The number of nitrogens with zero attached hydrogens (tertiary/aromatic N) is 2. The van der Waals surface area contributed by atoms with E-state index in [1.54, 1.807) is 43.5 Å². The van der Waals surface area contributed by atoms with E-state index >= 15 is 0 Å². The first-order valence-electron chi connectivity index (χ1n) is 14.3. The molecule has 3 N–H and O–H groups in total. The number of aliphatic carboxylic acids is 1. The van der Waals surface area contributed by atoms with Crippen LogP contribution in [0.25, 0.3) is 16.6 Å². The van der Waals surface area contributed by atoms with Crippen molar-refractivity contribution in [1.82, 2.24) is 19.8 Å². The number of carboxylic acid groups (broad SMARTS) is 1. The van der Waals surface area contributed by atoms with Gasteiger partial charge >= 0.3 is 11.7 Å². The third kappa shape index (κ3) is 7.47. The highest BCUT2D eigenvalue weighted by Crippen LogP contribution is 2.26. The zero-order valence-electron chi connectivity index (χ0n) is 24.4. The number of carbonyl (C=O) groups excluding carboxylic acids is 1. The van der Waals surface area contributed by atoms with E-state index in [9.17, 15) is 24.3 Å². The van der Waals surface area contributed by atoms with Crippen molar-refractivity contribution in [1.29, 1.82) is 0 Å². The van der Waals surface area contributed by atoms with Crippen LogP contribution in [0.15, 0.2) is 74.8 Å². The van der Waals surface area contributed by atoms with Crippen LogP contribution >= 0.6 is 23.2 Å². The molecule has 3 unspecified atom stereocenters. The maximum absolute atomic E-state index is 13.5. The number of alkyl halides is 1. The molecule has 1 aromatic heterocycles. The third-order valence-electron chi connectivity index (χ3n) is 7.80. The van der Waals surface area contributed by atoms with Crippen molar-refractivity contribution in [3.05, 3.63) is 97.2 Å². The van der Waals surface area contributed by atoms with Gasteiger partial charge in [0.2, 0.25) is 5.91 Å². The fourth-order valence-corrected chi connectivity index (χ4v) is 5.67. The summed E-state index contributed by atoms with van der Waals surface area (Å²) in [5.74, 6) is -2.50. The predicted octanol–water partition coefficient (Wildman–Crippen LogP) is 4.39. The molecule has 0 radical (unpaired) electrons. The summed E-state index contributed by atoms with van der Waals surface area (Å²) in [6.07, 6.45) is 5.80. The molecule has 0 saturated carbocycles. The second-order valence-corrected chi connectivity index (χ2v) is 11.8. The van der Waals surface area contributed by atoms with E-state index in [0.29, 0.717) is 47.6 Å². The number of carboxylic acids is 1. The van der Waals surface area contributed by atoms with Crippen LogP contribution in [-0.2, 0) is 29.6 Å². The van der Waals surface area contributed by atoms with Crippen molar-refractivity contribution < 1.29 is 14.7 Å². The summed E-state index contributed by atoms with van der Waals surface area (Å²) in [4.78, 5) is 51.6. The van der Waals surface area contributed by atoms with Gasteiger partial charge in [-0.15, -0.1) is 11.6 Å². The Balaban J connectivity index is 1.54. The van der Waals surface area contributed by atoms with Gasteiger partial charge in [0.15, 0.2) is 0 Å². The number of hydrogen-bond acceptors (Lipinski definition) is 5. The molecule has 0 fully saturated rings. The maximum atomic E-state index is 13.5. The van der Waals surface area contributed by atoms with E-state index < -0.39 is 34.4 Å². The van der Waals surface area contributed by atoms with Gasteiger partial charge in [0.1, 0.15) is 0 Å². The Morgan fingerprint density at radius 3 is 2.49 bits per heavy atom. The van der Waals surface area contributed by atoms with Gasteiger partial charge in [-0.1, -0.05) is 42.8 Å². The van der Waals surface area contributed by atoms with Gasteiger partial charge in [0.25, 0.3) is 5.56 Å². The van der Waals surface area contributed by atoms with Crippen LogP contribution in [0.3, 0.4) is 0 Å². The molecule has 43 heavy (non-hydrogen) atoms. The van der Waals surface area contributed by atoms with E-state index in [-0.39, 0.29) is 23.6 Å². The van der Waals surface area contributed by atoms with Crippen molar-refractivity contribution >= 4 is 46.0 Å². The summed E-state index contributed by atoms with van der Waals surface area (Å²) in [7, 11) is 1.62. The largest absolute Gasteiger partial charge is 0.481 e. The summed E-state index contributed by atoms with van der Waals surface area (Å²) in [6.45, 7) is 4.66. The highest BCUT2D eigenvalue weighted by Gasteiger charge is 2.25. The van der Waals surface area contributed by atoms with Crippen molar-refractivity contribution in [2.75, 3.05) is 6.54 Å². The number of aryl methyl sites for hydroxylation is 1. The monoisotopic (exact) mass is 626 g/mol. The predicted molar refractivity (Wildman–Crippen MR) is 170 cm³/mol. The first-order valence-corrected chi connectivity index (χ1v) is 15.1. The van der Waals surface area contributed by atoms with Gasteiger partial charge in [-0.25, -0.2) is 9.36 Å². The number of fused-ring (bicyclic) bond motifs is 1. The van der Waals surface area contributed by atoms with Crippen LogP contribution in [0.4, 0.5) is 0 Å². The molecule has 0 saturated heterocycles. The average molecular weight is 628 g/mol. The number of halogens is 2. The average Bonchev–Trinajstić information content (AvgIpc) is 3.16. The fourth-order valence-electron chi connectivity index (χ4n) is 4.97. The van der Waals surface area contributed by atoms with E-state index in [0.717, 1.165) is 16.6 Å². The molecule has 0 spiro atoms. The van der Waals surface area contributed by atoms with Crippen LogP contribution in [0, 0.1) is 5.92 Å². The summed E-state index contributed by atoms with van der Waals surface area (Å²) in [5, 5.41) is 16.0. The van der Waals surface area contributed by atoms with Gasteiger partial charge < -0.3 is 15.7 Å². The van der Waals surface area contributed by atoms with Crippen molar-refractivity contribution in [3.8, 4) is 5.69 Å². The Bertz CT molecular complexity index is 1690. The van der Waals surface area contributed by atoms with E-state index in [1.165, 1.54) is 4.57 Å². The number of allylic oxidation sites excluding steroid dienone is 3. The molecule has 4 rings (SSSR count). The molecule has 0 aliphatic heterocycles. The first kappa shape index (κ1) is 32.3. The zero-order valence-corrected chi connectivity index (χ0v) is 25.9. The lowest BCUT2D eigenvalue weighted by molar-refractivity contribution is -0.141. The zero-order chi connectivity index (χ0) is 31.3. The molecule has 1 aliphatic carbocycles. The molecule has 1 aliphatic rings. The van der Waals surface area contributed by atoms with Gasteiger partial charge in [-0.3, -0.25) is 19.0 Å². The van der Waals surface area contributed by atoms with Crippen LogP contribution in [0.2, 0.25) is 0 Å². The smallest absolute Gasteiger partial charge is 0.335 e. The van der Waals surface area contributed by atoms with E-state index in [4.69, 9.17) is 23.2 Å². The second-order valence-electron chi connectivity index (χ2n) is 10.8. The SMILES string of the molecule is CCC(C)NCc1ccc2c(c1)c(=O)n(-c1ccc(CC(CNC(=O)C3=C(Cl)C=CCCC3Cl)C(=O)O)cc1)c(=O)n2C. The molecule has 9 nitrogen and oxygen atoms in total. The second kappa shape index (κ2) is 14.2. The molecule has 228 valence electrons. The van der Waals surface area contributed by atoms with E-state index in [2.05, 4.69) is 24.5 Å². The Hall–Kier alpha value is -3.66. The van der Waals surface area contributed by atoms with Gasteiger partial charge in [-0.05, 0) is 74.1 Å². The fraction of sp³-hybridized carbons (Fsp3) is 0.375. The number of nitrogens with one attached hydrogen (secondary N) is 2. The summed E-state index contributed by atoms with van der Waals surface area (Å²) in [5.41, 5.74) is 1.83. The first-order chi connectivity index (χ1) is 20.5. The topological polar surface area (TPSA) is 122 Å². The van der Waals surface area contributed by atoms with Crippen LogP contribution in [0.5, 0.6) is 0 Å². The van der Waals surface area contributed by atoms with Gasteiger partial charge in [-0.2, -0.15) is 0 Å². The standard InChI is InChI=1S/C32H36Cl2N4O5/c1-4-19(2)35-17-21-11-14-27-24(16-21)30(40)38(32(43)37(27)3)23-12-9-20(10-13-23)15-22(31(41)42)18-36-29(39)28-25(33)7-5-6-8-26(28)34/h5,7,9-14,16,19,22,26,35H,4,6,8,15,17-18H2,1-3H3,(H,36,39)(H,41,42). The van der Waals surface area contributed by atoms with Gasteiger partial charge in [0, 0.05) is 26.2 Å². The van der Waals surface area contributed by atoms with Crippen LogP contribution in [-0.4, -0.2) is 44.1 Å². The number of hydrogen-bond donors (Lipinski definition) is 3. The molecule has 3 aromatic rings. The normalized spacial score (nSPS) is 16.6. The summed E-state index contributed by atoms with van der Waals surface area (Å²) < 4.78 is 2.56. The Morgan fingerprint density at radius 2 is 1.81 bits per heavy atom. The minimum Gasteiger partial charge on any atom is -0.481 e. The highest BCUT2D eigenvalue weighted by molar-refractivity contribution is 6.36. The number of carbonyl (C=O) groups is 2. The van der Waals surface area contributed by atoms with Crippen molar-refractivity contribution in [2.45, 2.75) is 57.5 Å². The quantitative estimate of drug-likeness (QED) is 0.271. The Labute approximate surface area is 259 Å². The highest BCUT2D eigenvalue weighted by atomic mass is 35.5. The number of amides is 1. The molecule has 11 heteroatoms. The van der Waals surface area contributed by atoms with Crippen LogP contribution < -0.4 is 21.9 Å². The maximum Gasteiger partial charge on any atom is 0.335 e. The molecule has 2 aromatic carbocycles. The van der Waals surface area contributed by atoms with Crippen LogP contribution in [0.1, 0.15) is 44.2 Å². The molecule has 3 atom stereocenters. The lowest BCUT2D eigenvalue weighted by Gasteiger charge is -2.17. The number of aromatic nitrogens is 2. The number of benzene rings is 2. The third-order valence-corrected chi connectivity index (χ3v) is 8.57. The van der Waals surface area contributed by atoms with Gasteiger partial charge in [0.05, 0.1) is 38.5 Å². The Morgan fingerprint density at radius 1 is 1.12 bits per heavy atom. The lowest BCUT2D eigenvalue weighted by atomic mass is 9.98. The van der Waals surface area contributed by atoms with Crippen molar-refractivity contribution in [2.24, 2.45) is 13.0 Å². The van der Waals surface area contributed by atoms with E-state index in [1.807, 2.05) is 18.2 Å².